The molecule has 0 saturated carbocycles. The van der Waals surface area contributed by atoms with Crippen molar-refractivity contribution in [3.05, 3.63) is 23.8 Å². The highest BCUT2D eigenvalue weighted by Crippen LogP contribution is 2.27. The lowest BCUT2D eigenvalue weighted by molar-refractivity contribution is -0.919. The zero-order chi connectivity index (χ0) is 18.4. The molecule has 2 saturated heterocycles. The minimum Gasteiger partial charge on any atom is -0.493 e. The summed E-state index contributed by atoms with van der Waals surface area (Å²) in [6.07, 6.45) is 4.28. The van der Waals surface area contributed by atoms with Crippen molar-refractivity contribution in [3.63, 3.8) is 0 Å². The van der Waals surface area contributed by atoms with Crippen LogP contribution in [-0.2, 0) is 16.1 Å². The molecule has 0 aliphatic carbocycles. The molecular formula is C20H31N2O4+. The maximum absolute atomic E-state index is 12.4. The van der Waals surface area contributed by atoms with Crippen LogP contribution >= 0.6 is 0 Å². The van der Waals surface area contributed by atoms with Gasteiger partial charge < -0.3 is 24.4 Å². The van der Waals surface area contributed by atoms with E-state index in [1.807, 2.05) is 12.1 Å². The van der Waals surface area contributed by atoms with Crippen LogP contribution in [0.25, 0.3) is 0 Å². The lowest BCUT2D eigenvalue weighted by atomic mass is 9.95. The number of carbonyl (C=O) groups is 1. The molecule has 144 valence electrons. The number of carbonyl (C=O) groups excluding carboxylic acids is 1. The SMILES string of the molecule is COc1ccc(C[NH+]2CCC(C(=O)NC[C@@H]3CCCO3)CC2)cc1OC. The molecule has 6 nitrogen and oxygen atoms in total. The largest absolute Gasteiger partial charge is 0.493 e. The number of amides is 1. The standard InChI is InChI=1S/C20H30N2O4/c1-24-18-6-5-15(12-19(18)25-2)14-22-9-7-16(8-10-22)20(23)21-13-17-4-3-11-26-17/h5-6,12,16-17H,3-4,7-11,13-14H2,1-2H3,(H,21,23)/p+1/t17-/m0/s1. The van der Waals surface area contributed by atoms with Gasteiger partial charge in [-0.1, -0.05) is 0 Å². The third kappa shape index (κ3) is 4.89. The molecular weight excluding hydrogens is 332 g/mol. The van der Waals surface area contributed by atoms with Crippen molar-refractivity contribution in [1.29, 1.82) is 0 Å². The number of likely N-dealkylation sites (tertiary alicyclic amines) is 1. The number of methoxy groups -OCH3 is 2. The van der Waals surface area contributed by atoms with Gasteiger partial charge in [-0.2, -0.15) is 0 Å². The predicted octanol–water partition coefficient (Wildman–Crippen LogP) is 0.794. The summed E-state index contributed by atoms with van der Waals surface area (Å²) in [5, 5.41) is 3.08. The zero-order valence-corrected chi connectivity index (χ0v) is 15.9. The average Bonchev–Trinajstić information content (AvgIpc) is 3.20. The average molecular weight is 363 g/mol. The molecule has 2 N–H and O–H groups in total. The molecule has 2 fully saturated rings. The van der Waals surface area contributed by atoms with E-state index in [4.69, 9.17) is 14.2 Å². The number of quaternary nitrogens is 1. The minimum absolute atomic E-state index is 0.144. The van der Waals surface area contributed by atoms with E-state index in [2.05, 4.69) is 11.4 Å². The Morgan fingerprint density at radius 3 is 2.62 bits per heavy atom. The summed E-state index contributed by atoms with van der Waals surface area (Å²) in [5.41, 5.74) is 1.24. The van der Waals surface area contributed by atoms with Crippen LogP contribution < -0.4 is 19.7 Å². The normalized spacial score (nSPS) is 25.7. The quantitative estimate of drug-likeness (QED) is 0.752. The smallest absolute Gasteiger partial charge is 0.223 e. The first-order valence-electron chi connectivity index (χ1n) is 9.63. The Hall–Kier alpha value is -1.79. The Kier molecular flexibility index (Phi) is 6.74. The van der Waals surface area contributed by atoms with Crippen LogP contribution in [-0.4, -0.2) is 52.5 Å². The molecule has 3 rings (SSSR count). The minimum atomic E-state index is 0.144. The van der Waals surface area contributed by atoms with Gasteiger partial charge in [0.1, 0.15) is 6.54 Å². The van der Waals surface area contributed by atoms with Crippen LogP contribution in [0.1, 0.15) is 31.2 Å². The van der Waals surface area contributed by atoms with Crippen molar-refractivity contribution in [3.8, 4) is 11.5 Å². The van der Waals surface area contributed by atoms with Crippen LogP contribution in [0.3, 0.4) is 0 Å². The van der Waals surface area contributed by atoms with Crippen LogP contribution in [0.2, 0.25) is 0 Å². The van der Waals surface area contributed by atoms with Gasteiger partial charge in [-0.3, -0.25) is 4.79 Å². The van der Waals surface area contributed by atoms with Crippen LogP contribution in [0, 0.1) is 5.92 Å². The maximum Gasteiger partial charge on any atom is 0.223 e. The molecule has 0 unspecified atom stereocenters. The summed E-state index contributed by atoms with van der Waals surface area (Å²) >= 11 is 0. The van der Waals surface area contributed by atoms with Crippen molar-refractivity contribution in [2.75, 3.05) is 40.5 Å². The highest BCUT2D eigenvalue weighted by atomic mass is 16.5. The number of piperidine rings is 1. The summed E-state index contributed by atoms with van der Waals surface area (Å²) in [6, 6.07) is 6.10. The van der Waals surface area contributed by atoms with E-state index in [0.717, 1.165) is 63.4 Å². The van der Waals surface area contributed by atoms with Crippen molar-refractivity contribution in [2.24, 2.45) is 5.92 Å². The van der Waals surface area contributed by atoms with Gasteiger partial charge >= 0.3 is 0 Å². The van der Waals surface area contributed by atoms with Gasteiger partial charge in [-0.05, 0) is 31.0 Å². The van der Waals surface area contributed by atoms with Crippen LogP contribution in [0.4, 0.5) is 0 Å². The Balaban J connectivity index is 1.44. The van der Waals surface area contributed by atoms with Crippen LogP contribution in [0.15, 0.2) is 18.2 Å². The number of nitrogens with one attached hydrogen (secondary N) is 2. The van der Waals surface area contributed by atoms with E-state index in [9.17, 15) is 4.79 Å². The fraction of sp³-hybridized carbons (Fsp3) is 0.650. The van der Waals surface area contributed by atoms with Gasteiger partial charge in [-0.15, -0.1) is 0 Å². The molecule has 0 aromatic heterocycles. The molecule has 1 aromatic carbocycles. The number of hydrogen-bond donors (Lipinski definition) is 2. The van der Waals surface area contributed by atoms with E-state index in [1.54, 1.807) is 14.2 Å². The molecule has 1 amide bonds. The van der Waals surface area contributed by atoms with E-state index >= 15 is 0 Å². The number of ether oxygens (including phenoxy) is 3. The van der Waals surface area contributed by atoms with Gasteiger partial charge in [0.25, 0.3) is 0 Å². The summed E-state index contributed by atoms with van der Waals surface area (Å²) in [7, 11) is 3.31. The first kappa shape index (κ1) is 19.0. The van der Waals surface area contributed by atoms with E-state index in [1.165, 1.54) is 10.5 Å². The first-order valence-corrected chi connectivity index (χ1v) is 9.63. The van der Waals surface area contributed by atoms with E-state index < -0.39 is 0 Å². The summed E-state index contributed by atoms with van der Waals surface area (Å²) < 4.78 is 16.3. The van der Waals surface area contributed by atoms with Crippen molar-refractivity contribution in [2.45, 2.75) is 38.3 Å². The molecule has 2 aliphatic heterocycles. The van der Waals surface area contributed by atoms with Crippen LogP contribution in [0.5, 0.6) is 11.5 Å². The fourth-order valence-electron chi connectivity index (χ4n) is 3.91. The lowest BCUT2D eigenvalue weighted by Crippen LogP contribution is -3.11. The Morgan fingerprint density at radius 2 is 1.96 bits per heavy atom. The topological polar surface area (TPSA) is 61.2 Å². The lowest BCUT2D eigenvalue weighted by Gasteiger charge is -2.29. The van der Waals surface area contributed by atoms with Gasteiger partial charge in [0.2, 0.25) is 5.91 Å². The third-order valence-corrected chi connectivity index (χ3v) is 5.49. The molecule has 0 bridgehead atoms. The Labute approximate surface area is 155 Å². The van der Waals surface area contributed by atoms with Crippen molar-refractivity contribution < 1.29 is 23.9 Å². The second-order valence-corrected chi connectivity index (χ2v) is 7.27. The monoisotopic (exact) mass is 363 g/mol. The highest BCUT2D eigenvalue weighted by molar-refractivity contribution is 5.78. The molecule has 0 spiro atoms. The summed E-state index contributed by atoms with van der Waals surface area (Å²) in [5.74, 6) is 1.87. The van der Waals surface area contributed by atoms with Gasteiger partial charge in [0, 0.05) is 37.5 Å². The van der Waals surface area contributed by atoms with Gasteiger partial charge in [0.05, 0.1) is 33.4 Å². The molecule has 1 aromatic rings. The summed E-state index contributed by atoms with van der Waals surface area (Å²) in [6.45, 7) is 4.49. The zero-order valence-electron chi connectivity index (χ0n) is 15.9. The van der Waals surface area contributed by atoms with Crippen molar-refractivity contribution in [1.82, 2.24) is 5.32 Å². The van der Waals surface area contributed by atoms with Gasteiger partial charge in [0.15, 0.2) is 11.5 Å². The van der Waals surface area contributed by atoms with E-state index in [0.29, 0.717) is 6.54 Å². The second kappa shape index (κ2) is 9.24. The Bertz CT molecular complexity index is 593. The first-order chi connectivity index (χ1) is 12.7. The predicted molar refractivity (Wildman–Crippen MR) is 98.7 cm³/mol. The number of hydrogen-bond acceptors (Lipinski definition) is 4. The molecule has 2 aliphatic rings. The molecule has 0 radical (unpaired) electrons. The highest BCUT2D eigenvalue weighted by Gasteiger charge is 2.28. The van der Waals surface area contributed by atoms with Crippen molar-refractivity contribution >= 4 is 5.91 Å². The number of rotatable bonds is 7. The third-order valence-electron chi connectivity index (χ3n) is 5.49. The Morgan fingerprint density at radius 1 is 1.19 bits per heavy atom. The number of benzene rings is 1. The van der Waals surface area contributed by atoms with Gasteiger partial charge in [-0.25, -0.2) is 0 Å². The fourth-order valence-corrected chi connectivity index (χ4v) is 3.91. The molecule has 2 heterocycles. The van der Waals surface area contributed by atoms with E-state index in [-0.39, 0.29) is 17.9 Å². The molecule has 26 heavy (non-hydrogen) atoms. The second-order valence-electron chi connectivity index (χ2n) is 7.27. The molecule has 6 heteroatoms. The maximum atomic E-state index is 12.4. The molecule has 1 atom stereocenters. The summed E-state index contributed by atoms with van der Waals surface area (Å²) in [4.78, 5) is 13.9.